The summed E-state index contributed by atoms with van der Waals surface area (Å²) in [5.74, 6) is 0.458. The first-order chi connectivity index (χ1) is 10.5. The average molecular weight is 304 g/mol. The van der Waals surface area contributed by atoms with Gasteiger partial charge in [0.25, 0.3) is 0 Å². The minimum absolute atomic E-state index is 0.0966. The van der Waals surface area contributed by atoms with Crippen molar-refractivity contribution in [1.82, 2.24) is 10.6 Å². The van der Waals surface area contributed by atoms with Crippen LogP contribution in [0.1, 0.15) is 38.7 Å². The molecule has 120 valence electrons. The fourth-order valence-corrected chi connectivity index (χ4v) is 2.24. The maximum atomic E-state index is 12.3. The highest BCUT2D eigenvalue weighted by Gasteiger charge is 2.56. The van der Waals surface area contributed by atoms with Gasteiger partial charge in [-0.3, -0.25) is 9.59 Å². The normalized spacial score (nSPS) is 16.5. The van der Waals surface area contributed by atoms with Gasteiger partial charge in [0.05, 0.1) is 7.11 Å². The van der Waals surface area contributed by atoms with Crippen LogP contribution >= 0.6 is 0 Å². The Hall–Kier alpha value is -2.04. The van der Waals surface area contributed by atoms with Crippen molar-refractivity contribution in [2.24, 2.45) is 5.41 Å². The molecule has 0 saturated heterocycles. The summed E-state index contributed by atoms with van der Waals surface area (Å²) >= 11 is 0. The van der Waals surface area contributed by atoms with Crippen LogP contribution in [-0.4, -0.2) is 25.0 Å². The van der Waals surface area contributed by atoms with Crippen LogP contribution in [0.25, 0.3) is 0 Å². The van der Waals surface area contributed by atoms with E-state index < -0.39 is 5.41 Å². The molecular weight excluding hydrogens is 280 g/mol. The van der Waals surface area contributed by atoms with Crippen molar-refractivity contribution in [3.63, 3.8) is 0 Å². The maximum absolute atomic E-state index is 12.3. The van der Waals surface area contributed by atoms with Crippen molar-refractivity contribution in [3.8, 4) is 5.75 Å². The van der Waals surface area contributed by atoms with Gasteiger partial charge in [0, 0.05) is 12.6 Å². The number of methoxy groups -OCH3 is 1. The Morgan fingerprint density at radius 3 is 2.36 bits per heavy atom. The van der Waals surface area contributed by atoms with E-state index in [0.717, 1.165) is 17.7 Å². The van der Waals surface area contributed by atoms with E-state index in [1.54, 1.807) is 7.11 Å². The van der Waals surface area contributed by atoms with Crippen molar-refractivity contribution in [2.45, 2.75) is 45.7 Å². The number of ether oxygens (including phenoxy) is 1. The molecule has 5 nitrogen and oxygen atoms in total. The Kier molecular flexibility index (Phi) is 5.06. The summed E-state index contributed by atoms with van der Waals surface area (Å²) in [5, 5.41) is 5.78. The summed E-state index contributed by atoms with van der Waals surface area (Å²) < 4.78 is 5.10. The quantitative estimate of drug-likeness (QED) is 0.757. The first-order valence-corrected chi connectivity index (χ1v) is 7.74. The number of hydrogen-bond acceptors (Lipinski definition) is 3. The fourth-order valence-electron chi connectivity index (χ4n) is 2.24. The molecule has 1 saturated carbocycles. The highest BCUT2D eigenvalue weighted by atomic mass is 16.5. The molecule has 2 amide bonds. The number of amides is 2. The van der Waals surface area contributed by atoms with Gasteiger partial charge < -0.3 is 15.4 Å². The molecule has 5 heteroatoms. The zero-order chi connectivity index (χ0) is 16.2. The lowest BCUT2D eigenvalue weighted by molar-refractivity contribution is -0.137. The average Bonchev–Trinajstić information content (AvgIpc) is 3.34. The number of rotatable bonds is 7. The van der Waals surface area contributed by atoms with Crippen LogP contribution in [0.15, 0.2) is 24.3 Å². The predicted molar refractivity (Wildman–Crippen MR) is 84.4 cm³/mol. The summed E-state index contributed by atoms with van der Waals surface area (Å²) in [7, 11) is 1.61. The molecule has 22 heavy (non-hydrogen) atoms. The molecule has 1 aliphatic carbocycles. The molecule has 0 radical (unpaired) electrons. The Morgan fingerprint density at radius 2 is 1.86 bits per heavy atom. The molecule has 0 heterocycles. The van der Waals surface area contributed by atoms with E-state index in [-0.39, 0.29) is 17.9 Å². The number of nitrogens with one attached hydrogen (secondary N) is 2. The molecule has 1 aromatic rings. The van der Waals surface area contributed by atoms with E-state index in [4.69, 9.17) is 4.74 Å². The number of benzene rings is 1. The SMILES string of the molecule is CCC(C)NC(=O)C1(C(=O)NCc2ccc(OC)cc2)CC1. The lowest BCUT2D eigenvalue weighted by atomic mass is 10.0. The van der Waals surface area contributed by atoms with Crippen molar-refractivity contribution < 1.29 is 14.3 Å². The Labute approximate surface area is 131 Å². The molecule has 1 atom stereocenters. The Bertz CT molecular complexity index is 535. The maximum Gasteiger partial charge on any atom is 0.235 e. The third kappa shape index (κ3) is 3.59. The highest BCUT2D eigenvalue weighted by Crippen LogP contribution is 2.46. The van der Waals surface area contributed by atoms with Crippen molar-refractivity contribution in [3.05, 3.63) is 29.8 Å². The lowest BCUT2D eigenvalue weighted by Gasteiger charge is -2.18. The molecule has 0 aromatic heterocycles. The molecule has 1 aromatic carbocycles. The van der Waals surface area contributed by atoms with Crippen LogP contribution in [0.3, 0.4) is 0 Å². The Balaban J connectivity index is 1.89. The van der Waals surface area contributed by atoms with Crippen LogP contribution < -0.4 is 15.4 Å². The van der Waals surface area contributed by atoms with E-state index in [1.165, 1.54) is 0 Å². The molecule has 0 bridgehead atoms. The second kappa shape index (κ2) is 6.81. The molecule has 1 aliphatic rings. The molecule has 1 unspecified atom stereocenters. The van der Waals surface area contributed by atoms with Gasteiger partial charge in [-0.2, -0.15) is 0 Å². The van der Waals surface area contributed by atoms with Gasteiger partial charge in [-0.25, -0.2) is 0 Å². The van der Waals surface area contributed by atoms with Crippen molar-refractivity contribution >= 4 is 11.8 Å². The first kappa shape index (κ1) is 16.3. The van der Waals surface area contributed by atoms with Gasteiger partial charge in [-0.15, -0.1) is 0 Å². The van der Waals surface area contributed by atoms with Gasteiger partial charge in [0.1, 0.15) is 11.2 Å². The number of hydrogen-bond donors (Lipinski definition) is 2. The lowest BCUT2D eigenvalue weighted by Crippen LogP contribution is -2.45. The smallest absolute Gasteiger partial charge is 0.235 e. The van der Waals surface area contributed by atoms with Crippen LogP contribution in [-0.2, 0) is 16.1 Å². The van der Waals surface area contributed by atoms with Gasteiger partial charge in [0.2, 0.25) is 11.8 Å². The van der Waals surface area contributed by atoms with Gasteiger partial charge in [-0.05, 0) is 43.9 Å². The van der Waals surface area contributed by atoms with Crippen LogP contribution in [0.2, 0.25) is 0 Å². The van der Waals surface area contributed by atoms with E-state index in [2.05, 4.69) is 10.6 Å². The third-order valence-corrected chi connectivity index (χ3v) is 4.22. The topological polar surface area (TPSA) is 67.4 Å². The molecule has 2 N–H and O–H groups in total. The van der Waals surface area contributed by atoms with E-state index in [0.29, 0.717) is 19.4 Å². The summed E-state index contributed by atoms with van der Waals surface area (Å²) in [6, 6.07) is 7.60. The first-order valence-electron chi connectivity index (χ1n) is 7.74. The molecule has 0 aliphatic heterocycles. The predicted octanol–water partition coefficient (Wildman–Crippen LogP) is 2.01. The standard InChI is InChI=1S/C17H24N2O3/c1-4-12(2)19-16(21)17(9-10-17)15(20)18-11-13-5-7-14(22-3)8-6-13/h5-8,12H,4,9-11H2,1-3H3,(H,18,20)(H,19,21). The zero-order valence-corrected chi connectivity index (χ0v) is 13.4. The minimum Gasteiger partial charge on any atom is -0.497 e. The second-order valence-corrected chi connectivity index (χ2v) is 5.90. The Morgan fingerprint density at radius 1 is 1.23 bits per heavy atom. The van der Waals surface area contributed by atoms with Gasteiger partial charge >= 0.3 is 0 Å². The van der Waals surface area contributed by atoms with Crippen molar-refractivity contribution in [2.75, 3.05) is 7.11 Å². The minimum atomic E-state index is -0.851. The van der Waals surface area contributed by atoms with E-state index in [1.807, 2.05) is 38.1 Å². The summed E-state index contributed by atoms with van der Waals surface area (Å²) in [6.45, 7) is 4.37. The number of carbonyl (C=O) groups is 2. The highest BCUT2D eigenvalue weighted by molar-refractivity contribution is 6.07. The van der Waals surface area contributed by atoms with Crippen LogP contribution in [0.5, 0.6) is 5.75 Å². The second-order valence-electron chi connectivity index (χ2n) is 5.90. The van der Waals surface area contributed by atoms with Crippen LogP contribution in [0, 0.1) is 5.41 Å². The molecule has 2 rings (SSSR count). The summed E-state index contributed by atoms with van der Waals surface area (Å²) in [4.78, 5) is 24.6. The largest absolute Gasteiger partial charge is 0.497 e. The van der Waals surface area contributed by atoms with Gasteiger partial charge in [-0.1, -0.05) is 19.1 Å². The summed E-state index contributed by atoms with van der Waals surface area (Å²) in [5.41, 5.74) is 0.128. The fraction of sp³-hybridized carbons (Fsp3) is 0.529. The summed E-state index contributed by atoms with van der Waals surface area (Å²) in [6.07, 6.45) is 2.11. The number of carbonyl (C=O) groups excluding carboxylic acids is 2. The van der Waals surface area contributed by atoms with Gasteiger partial charge in [0.15, 0.2) is 0 Å². The van der Waals surface area contributed by atoms with Crippen molar-refractivity contribution in [1.29, 1.82) is 0 Å². The molecule has 1 fully saturated rings. The van der Waals surface area contributed by atoms with E-state index >= 15 is 0 Å². The molecule has 0 spiro atoms. The third-order valence-electron chi connectivity index (χ3n) is 4.22. The van der Waals surface area contributed by atoms with Crippen LogP contribution in [0.4, 0.5) is 0 Å². The molecular formula is C17H24N2O3. The zero-order valence-electron chi connectivity index (χ0n) is 13.4. The van der Waals surface area contributed by atoms with E-state index in [9.17, 15) is 9.59 Å². The monoisotopic (exact) mass is 304 g/mol.